The predicted molar refractivity (Wildman–Crippen MR) is 88.0 cm³/mol. The molecule has 0 fully saturated rings. The quantitative estimate of drug-likeness (QED) is 0.670. The Morgan fingerprint density at radius 3 is 2.59 bits per heavy atom. The first-order valence-electron chi connectivity index (χ1n) is 6.58. The zero-order valence-corrected chi connectivity index (χ0v) is 13.6. The van der Waals surface area contributed by atoms with Gasteiger partial charge in [0.25, 0.3) is 0 Å². The highest BCUT2D eigenvalue weighted by atomic mass is 35.5. The molecule has 0 atom stereocenters. The van der Waals surface area contributed by atoms with Gasteiger partial charge in [0, 0.05) is 11.1 Å². The molecular formula is C16H13ClN2O2S. The van der Waals surface area contributed by atoms with E-state index in [1.807, 2.05) is 19.1 Å². The molecule has 0 amide bonds. The van der Waals surface area contributed by atoms with Crippen molar-refractivity contribution in [1.82, 2.24) is 9.78 Å². The summed E-state index contributed by atoms with van der Waals surface area (Å²) in [5.74, 6) is -0.456. The number of carbonyl (C=O) groups is 1. The Hall–Kier alpha value is -2.11. The van der Waals surface area contributed by atoms with Crippen LogP contribution in [-0.4, -0.2) is 22.9 Å². The van der Waals surface area contributed by atoms with Gasteiger partial charge in [0.1, 0.15) is 0 Å². The molecule has 0 aliphatic carbocycles. The average Bonchev–Trinajstić information content (AvgIpc) is 3.13. The molecule has 0 bridgehead atoms. The molecule has 0 saturated heterocycles. The normalized spacial score (nSPS) is 10.7. The molecule has 4 nitrogen and oxygen atoms in total. The number of benzene rings is 1. The van der Waals surface area contributed by atoms with E-state index in [4.69, 9.17) is 16.3 Å². The van der Waals surface area contributed by atoms with Crippen LogP contribution < -0.4 is 0 Å². The first-order valence-corrected chi connectivity index (χ1v) is 7.84. The van der Waals surface area contributed by atoms with Crippen LogP contribution in [0.2, 0.25) is 5.02 Å². The second-order valence-electron chi connectivity index (χ2n) is 4.78. The van der Waals surface area contributed by atoms with Gasteiger partial charge in [-0.3, -0.25) is 0 Å². The number of aryl methyl sites for hydroxylation is 1. The zero-order valence-electron chi connectivity index (χ0n) is 12.0. The van der Waals surface area contributed by atoms with Crippen LogP contribution in [0.4, 0.5) is 0 Å². The van der Waals surface area contributed by atoms with E-state index < -0.39 is 5.97 Å². The van der Waals surface area contributed by atoms with Crippen molar-refractivity contribution in [1.29, 1.82) is 0 Å². The second kappa shape index (κ2) is 5.94. The average molecular weight is 333 g/mol. The summed E-state index contributed by atoms with van der Waals surface area (Å²) in [6.07, 6.45) is 0. The lowest BCUT2D eigenvalue weighted by Crippen LogP contribution is -2.04. The number of hydrogen-bond donors (Lipinski definition) is 0. The van der Waals surface area contributed by atoms with Crippen LogP contribution in [0.5, 0.6) is 0 Å². The number of ether oxygens (including phenoxy) is 1. The molecule has 2 aromatic heterocycles. The topological polar surface area (TPSA) is 44.1 Å². The van der Waals surface area contributed by atoms with Gasteiger partial charge in [0.15, 0.2) is 5.69 Å². The smallest absolute Gasteiger partial charge is 0.358 e. The predicted octanol–water partition coefficient (Wildman–Crippen LogP) is 4.35. The number of esters is 1. The SMILES string of the molecule is COC(=O)c1cc(-c2cc(C)cs2)n(-c2ccc(Cl)cc2)n1. The van der Waals surface area contributed by atoms with Crippen LogP contribution >= 0.6 is 22.9 Å². The minimum atomic E-state index is -0.456. The Balaban J connectivity index is 2.16. The molecule has 6 heteroatoms. The summed E-state index contributed by atoms with van der Waals surface area (Å²) in [4.78, 5) is 12.8. The number of hydrogen-bond acceptors (Lipinski definition) is 4. The molecule has 3 aromatic rings. The Morgan fingerprint density at radius 1 is 1.27 bits per heavy atom. The second-order valence-corrected chi connectivity index (χ2v) is 6.13. The molecule has 0 saturated carbocycles. The molecule has 3 rings (SSSR count). The van der Waals surface area contributed by atoms with Crippen LogP contribution in [-0.2, 0) is 4.74 Å². The molecule has 0 aliphatic heterocycles. The number of carbonyl (C=O) groups excluding carboxylic acids is 1. The van der Waals surface area contributed by atoms with E-state index in [0.29, 0.717) is 5.02 Å². The van der Waals surface area contributed by atoms with Gasteiger partial charge in [0.05, 0.1) is 23.4 Å². The lowest BCUT2D eigenvalue weighted by atomic mass is 10.2. The van der Waals surface area contributed by atoms with Gasteiger partial charge in [-0.25, -0.2) is 9.48 Å². The number of methoxy groups -OCH3 is 1. The molecule has 112 valence electrons. The standard InChI is InChI=1S/C16H13ClN2O2S/c1-10-7-15(22-9-10)14-8-13(16(20)21-2)18-19(14)12-5-3-11(17)4-6-12/h3-9H,1-2H3. The summed E-state index contributed by atoms with van der Waals surface area (Å²) in [7, 11) is 1.35. The number of thiophene rings is 1. The summed E-state index contributed by atoms with van der Waals surface area (Å²) in [5.41, 5.74) is 3.13. The van der Waals surface area contributed by atoms with E-state index in [-0.39, 0.29) is 5.69 Å². The van der Waals surface area contributed by atoms with Crippen molar-refractivity contribution in [2.45, 2.75) is 6.92 Å². The third-order valence-corrected chi connectivity index (χ3v) is 4.48. The summed E-state index contributed by atoms with van der Waals surface area (Å²) >= 11 is 7.54. The first kappa shape index (κ1) is 14.8. The Morgan fingerprint density at radius 2 is 2.00 bits per heavy atom. The van der Waals surface area contributed by atoms with Crippen molar-refractivity contribution in [2.24, 2.45) is 0 Å². The van der Waals surface area contributed by atoms with E-state index in [0.717, 1.165) is 16.3 Å². The lowest BCUT2D eigenvalue weighted by molar-refractivity contribution is 0.0593. The van der Waals surface area contributed by atoms with E-state index in [2.05, 4.69) is 16.5 Å². The lowest BCUT2D eigenvalue weighted by Gasteiger charge is -2.05. The fourth-order valence-corrected chi connectivity index (χ4v) is 3.13. The number of halogens is 1. The molecule has 0 N–H and O–H groups in total. The summed E-state index contributed by atoms with van der Waals surface area (Å²) in [6, 6.07) is 11.1. The van der Waals surface area contributed by atoms with Crippen LogP contribution in [0.1, 0.15) is 16.1 Å². The van der Waals surface area contributed by atoms with Crippen molar-refractivity contribution in [3.63, 3.8) is 0 Å². The fraction of sp³-hybridized carbons (Fsp3) is 0.125. The molecule has 22 heavy (non-hydrogen) atoms. The molecule has 2 heterocycles. The number of aromatic nitrogens is 2. The highest BCUT2D eigenvalue weighted by Crippen LogP contribution is 2.30. The minimum Gasteiger partial charge on any atom is -0.464 e. The van der Waals surface area contributed by atoms with Gasteiger partial charge in [-0.05, 0) is 48.2 Å². The van der Waals surface area contributed by atoms with Gasteiger partial charge in [0.2, 0.25) is 0 Å². The van der Waals surface area contributed by atoms with Gasteiger partial charge in [-0.2, -0.15) is 5.10 Å². The van der Waals surface area contributed by atoms with Gasteiger partial charge in [-0.15, -0.1) is 11.3 Å². The van der Waals surface area contributed by atoms with E-state index in [9.17, 15) is 4.79 Å². The maximum absolute atomic E-state index is 11.8. The van der Waals surface area contributed by atoms with Crippen LogP contribution in [0, 0.1) is 6.92 Å². The highest BCUT2D eigenvalue weighted by molar-refractivity contribution is 7.13. The molecule has 0 radical (unpaired) electrons. The summed E-state index contributed by atoms with van der Waals surface area (Å²) in [6.45, 7) is 2.03. The van der Waals surface area contributed by atoms with Crippen molar-refractivity contribution in [3.8, 4) is 16.3 Å². The molecule has 0 unspecified atom stereocenters. The minimum absolute atomic E-state index is 0.276. The fourth-order valence-electron chi connectivity index (χ4n) is 2.11. The van der Waals surface area contributed by atoms with Gasteiger partial charge < -0.3 is 4.74 Å². The van der Waals surface area contributed by atoms with Crippen molar-refractivity contribution >= 4 is 28.9 Å². The van der Waals surface area contributed by atoms with Crippen molar-refractivity contribution in [3.05, 3.63) is 58.1 Å². The zero-order chi connectivity index (χ0) is 15.7. The molecular weight excluding hydrogens is 320 g/mol. The highest BCUT2D eigenvalue weighted by Gasteiger charge is 2.18. The van der Waals surface area contributed by atoms with Gasteiger partial charge in [-0.1, -0.05) is 11.6 Å². The summed E-state index contributed by atoms with van der Waals surface area (Å²) in [5, 5.41) is 7.08. The van der Waals surface area contributed by atoms with Crippen LogP contribution in [0.25, 0.3) is 16.3 Å². The van der Waals surface area contributed by atoms with Crippen LogP contribution in [0.15, 0.2) is 41.8 Å². The van der Waals surface area contributed by atoms with Crippen molar-refractivity contribution in [2.75, 3.05) is 7.11 Å². The largest absolute Gasteiger partial charge is 0.464 e. The monoisotopic (exact) mass is 332 g/mol. The van der Waals surface area contributed by atoms with Crippen molar-refractivity contribution < 1.29 is 9.53 Å². The molecule has 0 spiro atoms. The number of rotatable bonds is 3. The van der Waals surface area contributed by atoms with E-state index in [1.54, 1.807) is 34.2 Å². The molecule has 0 aliphatic rings. The Labute approximate surface area is 136 Å². The Kier molecular flexibility index (Phi) is 4.00. The van der Waals surface area contributed by atoms with Crippen LogP contribution in [0.3, 0.4) is 0 Å². The third kappa shape index (κ3) is 2.77. The first-order chi connectivity index (χ1) is 10.6. The van der Waals surface area contributed by atoms with E-state index >= 15 is 0 Å². The molecule has 1 aromatic carbocycles. The maximum atomic E-state index is 11.8. The van der Waals surface area contributed by atoms with E-state index in [1.165, 1.54) is 12.7 Å². The summed E-state index contributed by atoms with van der Waals surface area (Å²) < 4.78 is 6.50. The number of nitrogens with zero attached hydrogens (tertiary/aromatic N) is 2. The van der Waals surface area contributed by atoms with Gasteiger partial charge >= 0.3 is 5.97 Å². The Bertz CT molecular complexity index is 821. The maximum Gasteiger partial charge on any atom is 0.358 e. The third-order valence-electron chi connectivity index (χ3n) is 3.16.